The second kappa shape index (κ2) is 9.45. The lowest BCUT2D eigenvalue weighted by Crippen LogP contribution is -2.49. The van der Waals surface area contributed by atoms with Crippen LogP contribution in [0.1, 0.15) is 13.8 Å². The topological polar surface area (TPSA) is 79.0 Å². The zero-order valence-electron chi connectivity index (χ0n) is 15.7. The van der Waals surface area contributed by atoms with E-state index in [9.17, 15) is 13.2 Å². The van der Waals surface area contributed by atoms with Crippen molar-refractivity contribution in [3.63, 3.8) is 0 Å². The maximum atomic E-state index is 12.4. The summed E-state index contributed by atoms with van der Waals surface area (Å²) in [7, 11) is -2.26. The van der Waals surface area contributed by atoms with Crippen molar-refractivity contribution in [2.45, 2.75) is 24.8 Å². The number of amides is 1. The van der Waals surface area contributed by atoms with Gasteiger partial charge in [0.05, 0.1) is 24.2 Å². The van der Waals surface area contributed by atoms with Gasteiger partial charge in [0.15, 0.2) is 0 Å². The summed E-state index contributed by atoms with van der Waals surface area (Å²) in [6.07, 6.45) is -0.0671. The van der Waals surface area contributed by atoms with E-state index in [4.69, 9.17) is 4.74 Å². The van der Waals surface area contributed by atoms with Crippen molar-refractivity contribution >= 4 is 15.9 Å². The molecule has 0 aliphatic carbocycles. The van der Waals surface area contributed by atoms with Crippen molar-refractivity contribution in [2.24, 2.45) is 5.92 Å². The van der Waals surface area contributed by atoms with E-state index in [2.05, 4.69) is 24.1 Å². The minimum absolute atomic E-state index is 0.0671. The van der Waals surface area contributed by atoms with E-state index in [1.54, 1.807) is 18.2 Å². The molecule has 1 amide bonds. The molecule has 8 heteroatoms. The lowest BCUT2D eigenvalue weighted by molar-refractivity contribution is -0.122. The summed E-state index contributed by atoms with van der Waals surface area (Å²) in [5, 5.41) is 2.78. The summed E-state index contributed by atoms with van der Waals surface area (Å²) < 4.78 is 31.6. The van der Waals surface area contributed by atoms with Gasteiger partial charge in [0.25, 0.3) is 0 Å². The zero-order chi connectivity index (χ0) is 19.2. The van der Waals surface area contributed by atoms with Crippen LogP contribution in [-0.2, 0) is 19.6 Å². The number of rotatable bonds is 8. The van der Waals surface area contributed by atoms with Gasteiger partial charge in [-0.2, -0.15) is 4.31 Å². The van der Waals surface area contributed by atoms with Gasteiger partial charge in [-0.05, 0) is 18.1 Å². The van der Waals surface area contributed by atoms with E-state index in [0.29, 0.717) is 19.1 Å². The summed E-state index contributed by atoms with van der Waals surface area (Å²) >= 11 is 0. The van der Waals surface area contributed by atoms with E-state index in [1.807, 2.05) is 0 Å². The number of sulfonamides is 1. The van der Waals surface area contributed by atoms with Crippen molar-refractivity contribution < 1.29 is 17.9 Å². The van der Waals surface area contributed by atoms with E-state index in [0.717, 1.165) is 23.9 Å². The number of ether oxygens (including phenoxy) is 1. The Morgan fingerprint density at radius 2 is 2.04 bits per heavy atom. The number of benzene rings is 1. The molecule has 0 spiro atoms. The summed E-state index contributed by atoms with van der Waals surface area (Å²) in [5.74, 6) is 0.247. The largest absolute Gasteiger partial charge is 0.374 e. The lowest BCUT2D eigenvalue weighted by Gasteiger charge is -2.34. The summed E-state index contributed by atoms with van der Waals surface area (Å²) in [5.41, 5.74) is 0. The normalized spacial score (nSPS) is 19.0. The number of morpholine rings is 1. The molecule has 1 aromatic rings. The molecule has 146 valence electrons. The Morgan fingerprint density at radius 3 is 2.69 bits per heavy atom. The van der Waals surface area contributed by atoms with Gasteiger partial charge in [-0.1, -0.05) is 32.0 Å². The Balaban J connectivity index is 1.81. The molecular formula is C18H29N3O4S. The Bertz CT molecular complexity index is 679. The molecule has 1 heterocycles. The summed E-state index contributed by atoms with van der Waals surface area (Å²) in [4.78, 5) is 14.7. The fraction of sp³-hybridized carbons (Fsp3) is 0.611. The summed E-state index contributed by atoms with van der Waals surface area (Å²) in [6.45, 7) is 7.84. The molecule has 2 rings (SSSR count). The predicted octanol–water partition coefficient (Wildman–Crippen LogP) is 0.780. The molecule has 26 heavy (non-hydrogen) atoms. The third kappa shape index (κ3) is 6.05. The number of likely N-dealkylation sites (N-methyl/N-ethyl adjacent to an activating group) is 1. The first-order valence-electron chi connectivity index (χ1n) is 8.91. The zero-order valence-corrected chi connectivity index (χ0v) is 16.5. The molecule has 0 radical (unpaired) electrons. The third-order valence-corrected chi connectivity index (χ3v) is 6.01. The van der Waals surface area contributed by atoms with Gasteiger partial charge in [0.2, 0.25) is 15.9 Å². The van der Waals surface area contributed by atoms with E-state index >= 15 is 0 Å². The molecule has 1 N–H and O–H groups in total. The second-order valence-electron chi connectivity index (χ2n) is 7.02. The first kappa shape index (κ1) is 20.8. The van der Waals surface area contributed by atoms with E-state index < -0.39 is 10.0 Å². The number of carbonyl (C=O) groups is 1. The fourth-order valence-electron chi connectivity index (χ4n) is 2.93. The first-order chi connectivity index (χ1) is 12.3. The van der Waals surface area contributed by atoms with Gasteiger partial charge in [0.1, 0.15) is 0 Å². The number of carbonyl (C=O) groups excluding carboxylic acids is 1. The van der Waals surface area contributed by atoms with Crippen LogP contribution in [0.4, 0.5) is 0 Å². The minimum atomic E-state index is -3.67. The molecule has 0 bridgehead atoms. The van der Waals surface area contributed by atoms with Crippen LogP contribution in [0, 0.1) is 5.92 Å². The average molecular weight is 384 g/mol. The van der Waals surface area contributed by atoms with Crippen molar-refractivity contribution in [1.29, 1.82) is 0 Å². The van der Waals surface area contributed by atoms with Crippen LogP contribution >= 0.6 is 0 Å². The highest BCUT2D eigenvalue weighted by Crippen LogP contribution is 2.13. The maximum absolute atomic E-state index is 12.4. The molecule has 1 atom stereocenters. The van der Waals surface area contributed by atoms with Crippen LogP contribution in [0.3, 0.4) is 0 Å². The van der Waals surface area contributed by atoms with Crippen LogP contribution < -0.4 is 5.32 Å². The Kier molecular flexibility index (Phi) is 7.57. The molecule has 1 aliphatic heterocycles. The quantitative estimate of drug-likeness (QED) is 0.718. The van der Waals surface area contributed by atoms with Gasteiger partial charge < -0.3 is 10.1 Å². The van der Waals surface area contributed by atoms with E-state index in [1.165, 1.54) is 19.2 Å². The van der Waals surface area contributed by atoms with Crippen molar-refractivity contribution in [3.8, 4) is 0 Å². The number of nitrogens with one attached hydrogen (secondary N) is 1. The highest BCUT2D eigenvalue weighted by molar-refractivity contribution is 7.89. The summed E-state index contributed by atoms with van der Waals surface area (Å²) in [6, 6.07) is 8.10. The van der Waals surface area contributed by atoms with Crippen LogP contribution in [-0.4, -0.2) is 76.0 Å². The second-order valence-corrected chi connectivity index (χ2v) is 9.07. The molecule has 1 unspecified atom stereocenters. The smallest absolute Gasteiger partial charge is 0.243 e. The molecule has 0 saturated carbocycles. The molecule has 1 fully saturated rings. The van der Waals surface area contributed by atoms with E-state index in [-0.39, 0.29) is 23.5 Å². The van der Waals surface area contributed by atoms with Gasteiger partial charge >= 0.3 is 0 Å². The fourth-order valence-corrected chi connectivity index (χ4v) is 4.08. The maximum Gasteiger partial charge on any atom is 0.243 e. The first-order valence-corrected chi connectivity index (χ1v) is 10.3. The third-order valence-electron chi connectivity index (χ3n) is 4.19. The number of hydrogen-bond acceptors (Lipinski definition) is 5. The Hall–Kier alpha value is -1.48. The number of nitrogens with zero attached hydrogens (tertiary/aromatic N) is 2. The van der Waals surface area contributed by atoms with Crippen LogP contribution in [0.25, 0.3) is 0 Å². The van der Waals surface area contributed by atoms with Crippen molar-refractivity contribution in [2.75, 3.05) is 46.4 Å². The van der Waals surface area contributed by atoms with Crippen LogP contribution in [0.15, 0.2) is 35.2 Å². The lowest BCUT2D eigenvalue weighted by atomic mass is 10.2. The molecule has 0 aromatic heterocycles. The standard InChI is InChI=1S/C18H29N3O4S/c1-15(2)12-21-9-10-25-16(13-21)11-19-18(22)14-20(3)26(23,24)17-7-5-4-6-8-17/h4-8,15-16H,9-14H2,1-3H3,(H,19,22). The van der Waals surface area contributed by atoms with Gasteiger partial charge in [-0.25, -0.2) is 8.42 Å². The number of hydrogen-bond donors (Lipinski definition) is 1. The van der Waals surface area contributed by atoms with Crippen molar-refractivity contribution in [3.05, 3.63) is 30.3 Å². The Labute approximate surface area is 156 Å². The molecule has 7 nitrogen and oxygen atoms in total. The minimum Gasteiger partial charge on any atom is -0.374 e. The van der Waals surface area contributed by atoms with Crippen LogP contribution in [0.2, 0.25) is 0 Å². The van der Waals surface area contributed by atoms with Gasteiger partial charge in [0, 0.05) is 33.2 Å². The van der Waals surface area contributed by atoms with Gasteiger partial charge in [-0.3, -0.25) is 9.69 Å². The van der Waals surface area contributed by atoms with Crippen LogP contribution in [0.5, 0.6) is 0 Å². The Morgan fingerprint density at radius 1 is 1.35 bits per heavy atom. The highest BCUT2D eigenvalue weighted by atomic mass is 32.2. The monoisotopic (exact) mass is 383 g/mol. The average Bonchev–Trinajstić information content (AvgIpc) is 2.60. The molecule has 1 saturated heterocycles. The molecular weight excluding hydrogens is 354 g/mol. The van der Waals surface area contributed by atoms with Gasteiger partial charge in [-0.15, -0.1) is 0 Å². The molecule has 1 aliphatic rings. The SMILES string of the molecule is CC(C)CN1CCOC(CNC(=O)CN(C)S(=O)(=O)c2ccccc2)C1. The molecule has 1 aromatic carbocycles. The highest BCUT2D eigenvalue weighted by Gasteiger charge is 2.24. The predicted molar refractivity (Wildman–Crippen MR) is 100 cm³/mol. The van der Waals surface area contributed by atoms with Crippen molar-refractivity contribution in [1.82, 2.24) is 14.5 Å².